The highest BCUT2D eigenvalue weighted by Crippen LogP contribution is 2.36. The number of pyridine rings is 1. The first-order valence-electron chi connectivity index (χ1n) is 11.4. The molecule has 1 aliphatic rings. The average molecular weight is 480 g/mol. The summed E-state index contributed by atoms with van der Waals surface area (Å²) in [7, 11) is 0. The minimum absolute atomic E-state index is 0.165. The molecule has 0 saturated carbocycles. The van der Waals surface area contributed by atoms with Gasteiger partial charge in [0.15, 0.2) is 5.82 Å². The molecule has 0 amide bonds. The highest BCUT2D eigenvalue weighted by Gasteiger charge is 2.22. The van der Waals surface area contributed by atoms with Gasteiger partial charge in [-0.2, -0.15) is 0 Å². The topological polar surface area (TPSA) is 81.8 Å². The van der Waals surface area contributed by atoms with E-state index in [1.807, 2.05) is 12.3 Å². The summed E-state index contributed by atoms with van der Waals surface area (Å²) in [6, 6.07) is 6.73. The summed E-state index contributed by atoms with van der Waals surface area (Å²) < 4.78 is 14.5. The molecule has 3 N–H and O–H groups in total. The predicted molar refractivity (Wildman–Crippen MR) is 136 cm³/mol. The molecule has 1 saturated heterocycles. The molecule has 4 aromatic rings. The lowest BCUT2D eigenvalue weighted by Gasteiger charge is -2.33. The lowest BCUT2D eigenvalue weighted by Crippen LogP contribution is -2.49. The molecule has 0 bridgehead atoms. The molecule has 176 valence electrons. The molecule has 1 fully saturated rings. The van der Waals surface area contributed by atoms with E-state index in [4.69, 9.17) is 16.6 Å². The van der Waals surface area contributed by atoms with Crippen molar-refractivity contribution >= 4 is 39.8 Å². The molecule has 3 aromatic heterocycles. The van der Waals surface area contributed by atoms with Gasteiger partial charge in [0, 0.05) is 54.9 Å². The Morgan fingerprint density at radius 3 is 2.88 bits per heavy atom. The molecular formula is C25H27ClFN7. The molecule has 0 spiro atoms. The van der Waals surface area contributed by atoms with Gasteiger partial charge in [0.25, 0.3) is 0 Å². The fraction of sp³-hybridized carbons (Fsp3) is 0.320. The first-order valence-corrected chi connectivity index (χ1v) is 11.8. The zero-order valence-corrected chi connectivity index (χ0v) is 20.1. The van der Waals surface area contributed by atoms with Crippen LogP contribution < -0.4 is 15.5 Å². The van der Waals surface area contributed by atoms with Gasteiger partial charge in [-0.15, -0.1) is 0 Å². The lowest BCUT2D eigenvalue weighted by atomic mass is 10.1. The summed E-state index contributed by atoms with van der Waals surface area (Å²) in [5, 5.41) is 8.43. The third-order valence-electron chi connectivity index (χ3n) is 6.12. The standard InChI is InChI=1S/C25H27ClFN7/c1-14(2)18-11-30-23(17-10-16(26)4-5-19(17)27)33-24(18)32-20-6-7-29-25-22(20)21(12-31-25)34-9-8-28-15(3)13-34/h4-7,10-12,14-15,28H,8-9,13H2,1-3H3,(H2,29,30,31,32,33). The number of fused-ring (bicyclic) bond motifs is 1. The third kappa shape index (κ3) is 4.31. The van der Waals surface area contributed by atoms with Crippen LogP contribution in [0.15, 0.2) is 42.9 Å². The number of benzene rings is 1. The zero-order valence-electron chi connectivity index (χ0n) is 19.4. The monoisotopic (exact) mass is 479 g/mol. The number of rotatable bonds is 5. The maximum Gasteiger partial charge on any atom is 0.164 e. The van der Waals surface area contributed by atoms with Crippen molar-refractivity contribution in [2.45, 2.75) is 32.7 Å². The van der Waals surface area contributed by atoms with Gasteiger partial charge in [-0.1, -0.05) is 25.4 Å². The van der Waals surface area contributed by atoms with Gasteiger partial charge in [0.2, 0.25) is 0 Å². The van der Waals surface area contributed by atoms with Gasteiger partial charge in [-0.25, -0.2) is 19.3 Å². The number of nitrogens with one attached hydrogen (secondary N) is 3. The SMILES string of the molecule is CC1CN(c2c[nH]c3nccc(Nc4nc(-c5cc(Cl)ccc5F)ncc4C(C)C)c23)CCN1. The molecule has 1 aliphatic heterocycles. The maximum atomic E-state index is 14.5. The second kappa shape index (κ2) is 9.19. The number of hydrogen-bond acceptors (Lipinski definition) is 6. The number of H-pyrrole nitrogens is 1. The molecule has 0 radical (unpaired) electrons. The van der Waals surface area contributed by atoms with Crippen LogP contribution in [0.4, 0.5) is 21.6 Å². The van der Waals surface area contributed by atoms with Crippen LogP contribution in [0.25, 0.3) is 22.4 Å². The molecule has 34 heavy (non-hydrogen) atoms. The lowest BCUT2D eigenvalue weighted by molar-refractivity contribution is 0.485. The fourth-order valence-electron chi connectivity index (χ4n) is 4.38. The van der Waals surface area contributed by atoms with Crippen LogP contribution in [0.3, 0.4) is 0 Å². The molecule has 1 unspecified atom stereocenters. The van der Waals surface area contributed by atoms with Crippen molar-refractivity contribution in [1.29, 1.82) is 0 Å². The summed E-state index contributed by atoms with van der Waals surface area (Å²) >= 11 is 6.11. The normalized spacial score (nSPS) is 16.4. The number of nitrogens with zero attached hydrogens (tertiary/aromatic N) is 4. The van der Waals surface area contributed by atoms with Crippen LogP contribution in [0.5, 0.6) is 0 Å². The second-order valence-electron chi connectivity index (χ2n) is 8.96. The first-order chi connectivity index (χ1) is 16.4. The molecular weight excluding hydrogens is 453 g/mol. The smallest absolute Gasteiger partial charge is 0.164 e. The largest absolute Gasteiger partial charge is 0.367 e. The molecule has 1 aromatic carbocycles. The van der Waals surface area contributed by atoms with Crippen LogP contribution in [0.1, 0.15) is 32.3 Å². The summed E-state index contributed by atoms with van der Waals surface area (Å²) in [6.45, 7) is 9.09. The van der Waals surface area contributed by atoms with E-state index < -0.39 is 5.82 Å². The molecule has 7 nitrogen and oxygen atoms in total. The molecule has 4 heterocycles. The summed E-state index contributed by atoms with van der Waals surface area (Å²) in [5.41, 5.74) is 3.98. The van der Waals surface area contributed by atoms with Gasteiger partial charge in [0.05, 0.1) is 22.3 Å². The van der Waals surface area contributed by atoms with Gasteiger partial charge in [-0.05, 0) is 37.1 Å². The number of aromatic amines is 1. The van der Waals surface area contributed by atoms with Gasteiger partial charge >= 0.3 is 0 Å². The van der Waals surface area contributed by atoms with E-state index >= 15 is 0 Å². The molecule has 0 aliphatic carbocycles. The van der Waals surface area contributed by atoms with Crippen molar-refractivity contribution in [3.63, 3.8) is 0 Å². The Bertz CT molecular complexity index is 1340. The maximum absolute atomic E-state index is 14.5. The van der Waals surface area contributed by atoms with Gasteiger partial charge in [0.1, 0.15) is 17.3 Å². The predicted octanol–water partition coefficient (Wildman–Crippen LogP) is 5.48. The Labute approximate surface area is 202 Å². The van der Waals surface area contributed by atoms with E-state index in [9.17, 15) is 4.39 Å². The summed E-state index contributed by atoms with van der Waals surface area (Å²) in [6.07, 6.45) is 5.53. The highest BCUT2D eigenvalue weighted by molar-refractivity contribution is 6.30. The van der Waals surface area contributed by atoms with E-state index in [-0.39, 0.29) is 17.3 Å². The Morgan fingerprint density at radius 1 is 1.24 bits per heavy atom. The van der Waals surface area contributed by atoms with Crippen LogP contribution in [0.2, 0.25) is 5.02 Å². The van der Waals surface area contributed by atoms with Crippen LogP contribution in [-0.2, 0) is 0 Å². The molecule has 1 atom stereocenters. The van der Waals surface area contributed by atoms with Crippen LogP contribution in [0, 0.1) is 5.82 Å². The zero-order chi connectivity index (χ0) is 23.8. The Morgan fingerprint density at radius 2 is 2.09 bits per heavy atom. The van der Waals surface area contributed by atoms with Crippen molar-refractivity contribution in [3.05, 3.63) is 59.3 Å². The summed E-state index contributed by atoms with van der Waals surface area (Å²) in [5.74, 6) is 0.660. The van der Waals surface area contributed by atoms with Crippen molar-refractivity contribution in [1.82, 2.24) is 25.3 Å². The number of aromatic nitrogens is 4. The van der Waals surface area contributed by atoms with E-state index in [2.05, 4.69) is 51.3 Å². The van der Waals surface area contributed by atoms with Gasteiger partial charge < -0.3 is 20.5 Å². The molecule has 5 rings (SSSR count). The Hall–Kier alpha value is -3.23. The quantitative estimate of drug-likeness (QED) is 0.352. The average Bonchev–Trinajstić information content (AvgIpc) is 3.26. The van der Waals surface area contributed by atoms with E-state index in [0.29, 0.717) is 16.9 Å². The first kappa shape index (κ1) is 22.6. The number of piperazine rings is 1. The Kier molecular flexibility index (Phi) is 6.10. The van der Waals surface area contributed by atoms with E-state index in [1.165, 1.54) is 12.1 Å². The van der Waals surface area contributed by atoms with Crippen molar-refractivity contribution < 1.29 is 4.39 Å². The van der Waals surface area contributed by atoms with Crippen molar-refractivity contribution in [2.75, 3.05) is 29.9 Å². The van der Waals surface area contributed by atoms with Gasteiger partial charge in [-0.3, -0.25) is 0 Å². The van der Waals surface area contributed by atoms with Crippen LogP contribution >= 0.6 is 11.6 Å². The number of hydrogen-bond donors (Lipinski definition) is 3. The second-order valence-corrected chi connectivity index (χ2v) is 9.40. The van der Waals surface area contributed by atoms with Crippen LogP contribution in [-0.4, -0.2) is 45.6 Å². The Balaban J connectivity index is 1.59. The molecule has 9 heteroatoms. The van der Waals surface area contributed by atoms with E-state index in [1.54, 1.807) is 18.5 Å². The van der Waals surface area contributed by atoms with Crippen molar-refractivity contribution in [3.8, 4) is 11.4 Å². The van der Waals surface area contributed by atoms with E-state index in [0.717, 1.165) is 47.6 Å². The number of halogens is 2. The highest BCUT2D eigenvalue weighted by atomic mass is 35.5. The third-order valence-corrected chi connectivity index (χ3v) is 6.36. The van der Waals surface area contributed by atoms with Crippen molar-refractivity contribution in [2.24, 2.45) is 0 Å². The number of anilines is 3. The summed E-state index contributed by atoms with van der Waals surface area (Å²) in [4.78, 5) is 19.4. The minimum Gasteiger partial charge on any atom is -0.367 e. The fourth-order valence-corrected chi connectivity index (χ4v) is 4.56. The minimum atomic E-state index is -0.417.